The van der Waals surface area contributed by atoms with Crippen molar-refractivity contribution in [3.05, 3.63) is 89.1 Å². The van der Waals surface area contributed by atoms with Gasteiger partial charge in [0.25, 0.3) is 0 Å². The molecule has 4 rings (SSSR count). The maximum Gasteiger partial charge on any atom is 0.0281 e. The van der Waals surface area contributed by atoms with Gasteiger partial charge in [-0.3, -0.25) is 0 Å². The molecule has 3 aliphatic carbocycles. The number of hydrogen-bond acceptors (Lipinski definition) is 0. The van der Waals surface area contributed by atoms with E-state index in [9.17, 15) is 0 Å². The first-order valence-electron chi connectivity index (χ1n) is 6.49. The first kappa shape index (κ1) is 9.90. The third-order valence-electron chi connectivity index (χ3n) is 3.93. The molecule has 0 fully saturated rings. The molecular formula is C18H14. The molecule has 1 atom stereocenters. The standard InChI is InChI=1S/C18H14/c1-2-5-13(6-3-1)16-11-15-10-9-14-7-4-8-17(14)18(15)12-16/h1-3,5-12,18H,4H2. The van der Waals surface area contributed by atoms with Gasteiger partial charge >= 0.3 is 0 Å². The van der Waals surface area contributed by atoms with Crippen LogP contribution in [0.25, 0.3) is 5.57 Å². The molecular weight excluding hydrogens is 216 g/mol. The van der Waals surface area contributed by atoms with E-state index in [4.69, 9.17) is 0 Å². The Morgan fingerprint density at radius 3 is 2.67 bits per heavy atom. The van der Waals surface area contributed by atoms with Gasteiger partial charge in [0, 0.05) is 5.92 Å². The van der Waals surface area contributed by atoms with E-state index in [2.05, 4.69) is 66.8 Å². The summed E-state index contributed by atoms with van der Waals surface area (Å²) in [5.41, 5.74) is 7.02. The van der Waals surface area contributed by atoms with Crippen LogP contribution in [0.3, 0.4) is 0 Å². The fourth-order valence-corrected chi connectivity index (χ4v) is 3.03. The molecule has 18 heavy (non-hydrogen) atoms. The number of rotatable bonds is 1. The molecule has 0 aromatic heterocycles. The normalized spacial score (nSPS) is 23.9. The van der Waals surface area contributed by atoms with Gasteiger partial charge in [-0.1, -0.05) is 66.8 Å². The molecule has 0 radical (unpaired) electrons. The van der Waals surface area contributed by atoms with E-state index in [0.29, 0.717) is 5.92 Å². The van der Waals surface area contributed by atoms with Gasteiger partial charge in [-0.15, -0.1) is 0 Å². The Bertz CT molecular complexity index is 649. The molecule has 0 N–H and O–H groups in total. The van der Waals surface area contributed by atoms with Crippen molar-refractivity contribution in [1.82, 2.24) is 0 Å². The van der Waals surface area contributed by atoms with Crippen LogP contribution in [-0.2, 0) is 0 Å². The highest BCUT2D eigenvalue weighted by atomic mass is 14.3. The summed E-state index contributed by atoms with van der Waals surface area (Å²) >= 11 is 0. The van der Waals surface area contributed by atoms with Gasteiger partial charge in [-0.05, 0) is 34.3 Å². The molecule has 86 valence electrons. The fraction of sp³-hybridized carbons (Fsp3) is 0.111. The Hall–Kier alpha value is -2.08. The summed E-state index contributed by atoms with van der Waals surface area (Å²) in [5.74, 6) is 0.485. The number of fused-ring (bicyclic) bond motifs is 3. The lowest BCUT2D eigenvalue weighted by Crippen LogP contribution is -2.05. The molecule has 0 heteroatoms. The van der Waals surface area contributed by atoms with E-state index in [0.717, 1.165) is 6.42 Å². The maximum atomic E-state index is 2.40. The van der Waals surface area contributed by atoms with E-state index < -0.39 is 0 Å². The van der Waals surface area contributed by atoms with Crippen LogP contribution in [-0.4, -0.2) is 0 Å². The quantitative estimate of drug-likeness (QED) is 0.668. The van der Waals surface area contributed by atoms with Crippen molar-refractivity contribution in [3.8, 4) is 0 Å². The smallest absolute Gasteiger partial charge is 0.0281 e. The van der Waals surface area contributed by atoms with E-state index >= 15 is 0 Å². The average Bonchev–Trinajstić information content (AvgIpc) is 3.05. The van der Waals surface area contributed by atoms with Crippen LogP contribution in [0.4, 0.5) is 0 Å². The second-order valence-electron chi connectivity index (χ2n) is 5.00. The Kier molecular flexibility index (Phi) is 2.04. The van der Waals surface area contributed by atoms with Gasteiger partial charge in [-0.25, -0.2) is 0 Å². The zero-order valence-corrected chi connectivity index (χ0v) is 10.1. The van der Waals surface area contributed by atoms with Gasteiger partial charge in [0.2, 0.25) is 0 Å². The number of hydrogen-bond donors (Lipinski definition) is 0. The monoisotopic (exact) mass is 230 g/mol. The minimum absolute atomic E-state index is 0.485. The Labute approximate surface area is 107 Å². The summed E-state index contributed by atoms with van der Waals surface area (Å²) in [6.45, 7) is 0. The van der Waals surface area contributed by atoms with Crippen molar-refractivity contribution in [2.75, 3.05) is 0 Å². The summed E-state index contributed by atoms with van der Waals surface area (Å²) in [7, 11) is 0. The lowest BCUT2D eigenvalue weighted by molar-refractivity contribution is 0.946. The molecule has 0 bridgehead atoms. The molecule has 0 saturated carbocycles. The molecule has 0 amide bonds. The van der Waals surface area contributed by atoms with Gasteiger partial charge in [-0.2, -0.15) is 0 Å². The van der Waals surface area contributed by atoms with Crippen LogP contribution in [0.2, 0.25) is 0 Å². The minimum Gasteiger partial charge on any atom is -0.0760 e. The molecule has 0 aliphatic heterocycles. The summed E-state index contributed by atoms with van der Waals surface area (Å²) in [4.78, 5) is 0. The summed E-state index contributed by atoms with van der Waals surface area (Å²) in [6.07, 6.45) is 15.0. The van der Waals surface area contributed by atoms with Crippen molar-refractivity contribution in [2.45, 2.75) is 6.42 Å². The van der Waals surface area contributed by atoms with Crippen LogP contribution >= 0.6 is 0 Å². The largest absolute Gasteiger partial charge is 0.0760 e. The third-order valence-corrected chi connectivity index (χ3v) is 3.93. The van der Waals surface area contributed by atoms with E-state index in [1.165, 1.54) is 27.9 Å². The second-order valence-corrected chi connectivity index (χ2v) is 5.00. The van der Waals surface area contributed by atoms with Crippen molar-refractivity contribution in [3.63, 3.8) is 0 Å². The van der Waals surface area contributed by atoms with Crippen LogP contribution in [0.15, 0.2) is 83.5 Å². The number of benzene rings is 1. The molecule has 1 aromatic carbocycles. The zero-order valence-electron chi connectivity index (χ0n) is 10.1. The SMILES string of the molecule is C1=CC2=CC(c3ccccc3)=CC2C2=CCC=C12. The highest BCUT2D eigenvalue weighted by molar-refractivity contribution is 5.81. The maximum absolute atomic E-state index is 2.40. The van der Waals surface area contributed by atoms with Crippen LogP contribution in [0.5, 0.6) is 0 Å². The molecule has 0 saturated heterocycles. The summed E-state index contributed by atoms with van der Waals surface area (Å²) < 4.78 is 0. The van der Waals surface area contributed by atoms with Crippen molar-refractivity contribution < 1.29 is 0 Å². The first-order chi connectivity index (χ1) is 8.92. The van der Waals surface area contributed by atoms with Gasteiger partial charge in [0.15, 0.2) is 0 Å². The summed E-state index contributed by atoms with van der Waals surface area (Å²) in [6, 6.07) is 10.6. The molecule has 1 aromatic rings. The van der Waals surface area contributed by atoms with Crippen LogP contribution < -0.4 is 0 Å². The van der Waals surface area contributed by atoms with Crippen LogP contribution in [0.1, 0.15) is 12.0 Å². The Morgan fingerprint density at radius 2 is 1.78 bits per heavy atom. The third kappa shape index (κ3) is 1.39. The van der Waals surface area contributed by atoms with E-state index in [-0.39, 0.29) is 0 Å². The van der Waals surface area contributed by atoms with Crippen molar-refractivity contribution in [2.24, 2.45) is 5.92 Å². The van der Waals surface area contributed by atoms with Gasteiger partial charge in [0.1, 0.15) is 0 Å². The Balaban J connectivity index is 1.80. The van der Waals surface area contributed by atoms with Crippen molar-refractivity contribution in [1.29, 1.82) is 0 Å². The second kappa shape index (κ2) is 3.71. The van der Waals surface area contributed by atoms with E-state index in [1.54, 1.807) is 0 Å². The zero-order chi connectivity index (χ0) is 11.9. The number of allylic oxidation sites excluding steroid dienone is 10. The molecule has 1 unspecified atom stereocenters. The average molecular weight is 230 g/mol. The Morgan fingerprint density at radius 1 is 0.889 bits per heavy atom. The first-order valence-corrected chi connectivity index (χ1v) is 6.49. The lowest BCUT2D eigenvalue weighted by Gasteiger charge is -2.19. The minimum atomic E-state index is 0.485. The predicted molar refractivity (Wildman–Crippen MR) is 75.9 cm³/mol. The molecule has 3 aliphatic rings. The van der Waals surface area contributed by atoms with Crippen LogP contribution in [0, 0.1) is 5.92 Å². The molecule has 0 nitrogen and oxygen atoms in total. The van der Waals surface area contributed by atoms with Gasteiger partial charge < -0.3 is 0 Å². The fourth-order valence-electron chi connectivity index (χ4n) is 3.03. The van der Waals surface area contributed by atoms with Gasteiger partial charge in [0.05, 0.1) is 0 Å². The summed E-state index contributed by atoms with van der Waals surface area (Å²) in [5, 5.41) is 0. The van der Waals surface area contributed by atoms with Crippen molar-refractivity contribution >= 4 is 5.57 Å². The highest BCUT2D eigenvalue weighted by Gasteiger charge is 2.27. The molecule has 0 heterocycles. The molecule has 0 spiro atoms. The predicted octanol–water partition coefficient (Wildman–Crippen LogP) is 4.45. The highest BCUT2D eigenvalue weighted by Crippen LogP contribution is 2.43. The van der Waals surface area contributed by atoms with E-state index in [1.807, 2.05) is 0 Å². The lowest BCUT2D eigenvalue weighted by atomic mass is 9.85. The topological polar surface area (TPSA) is 0 Å².